The summed E-state index contributed by atoms with van der Waals surface area (Å²) in [6, 6.07) is 0. The van der Waals surface area contributed by atoms with Crippen molar-refractivity contribution in [3.63, 3.8) is 0 Å². The Kier molecular flexibility index (Phi) is 18.5. The fourth-order valence-electron chi connectivity index (χ4n) is 5.19. The molecule has 2 aromatic heterocycles. The lowest BCUT2D eigenvalue weighted by molar-refractivity contribution is -0.137. The van der Waals surface area contributed by atoms with Gasteiger partial charge in [-0.25, -0.2) is 28.6 Å². The molecule has 2 amide bonds. The molecule has 1 aliphatic rings. The van der Waals surface area contributed by atoms with Crippen LogP contribution in [0.5, 0.6) is 0 Å². The smallest absolute Gasteiger partial charge is 0.386 e. The summed E-state index contributed by atoms with van der Waals surface area (Å²) in [5.74, 6) is -1.14. The lowest BCUT2D eigenvalue weighted by Crippen LogP contribution is -2.46. The van der Waals surface area contributed by atoms with Gasteiger partial charge in [-0.15, -0.1) is 0 Å². The quantitative estimate of drug-likeness (QED) is 0.0329. The van der Waals surface area contributed by atoms with Crippen LogP contribution in [0, 0.1) is 5.41 Å². The van der Waals surface area contributed by atoms with Crippen molar-refractivity contribution in [3.05, 3.63) is 36.0 Å². The van der Waals surface area contributed by atoms with E-state index in [4.69, 9.17) is 19.5 Å². The molecule has 1 fully saturated rings. The van der Waals surface area contributed by atoms with Gasteiger partial charge in [0.1, 0.15) is 36.3 Å². The van der Waals surface area contributed by atoms with Crippen LogP contribution in [0.4, 0.5) is 5.82 Å². The number of nitrogens with zero attached hydrogens (tertiary/aromatic N) is 4. The van der Waals surface area contributed by atoms with Crippen LogP contribution in [0.2, 0.25) is 0 Å². The van der Waals surface area contributed by atoms with Gasteiger partial charge in [0, 0.05) is 30.7 Å². The molecule has 10 N–H and O–H groups in total. The molecule has 2 unspecified atom stereocenters. The minimum atomic E-state index is -5.57. The maximum absolute atomic E-state index is 12.7. The Hall–Kier alpha value is -2.96. The topological polar surface area (TPSA) is 364 Å². The van der Waals surface area contributed by atoms with Crippen LogP contribution in [-0.2, 0) is 50.7 Å². The van der Waals surface area contributed by atoms with E-state index in [1.165, 1.54) is 19.4 Å². The molecule has 0 aromatic carbocycles. The second-order valence-corrected chi connectivity index (χ2v) is 19.4. The van der Waals surface area contributed by atoms with Crippen molar-refractivity contribution >= 4 is 69.1 Å². The number of fused-ring (bicyclic) bond motifs is 1. The third kappa shape index (κ3) is 16.4. The third-order valence-corrected chi connectivity index (χ3v) is 12.1. The van der Waals surface area contributed by atoms with Gasteiger partial charge in [-0.05, 0) is 39.7 Å². The molecule has 1 aliphatic heterocycles. The minimum absolute atomic E-state index is 0.0299. The van der Waals surface area contributed by atoms with Gasteiger partial charge in [-0.1, -0.05) is 42.8 Å². The molecule has 332 valence electrons. The van der Waals surface area contributed by atoms with E-state index in [9.17, 15) is 57.9 Å². The molecular weight excluding hydrogens is 867 g/mol. The Labute approximate surface area is 342 Å². The maximum atomic E-state index is 12.7. The number of imidazole rings is 1. The first-order valence-electron chi connectivity index (χ1n) is 17.7. The zero-order valence-corrected chi connectivity index (χ0v) is 36.1. The lowest BCUT2D eigenvalue weighted by Gasteiger charge is -2.30. The summed E-state index contributed by atoms with van der Waals surface area (Å²) in [6.07, 6.45) is -1.68. The number of phosphoric ester groups is 3. The summed E-state index contributed by atoms with van der Waals surface area (Å²) in [5.41, 5.74) is 6.40. The number of amides is 2. The number of allylic oxidation sites excluding steroid dienone is 3. The first-order valence-corrected chi connectivity index (χ1v) is 23.2. The maximum Gasteiger partial charge on any atom is 0.481 e. The summed E-state index contributed by atoms with van der Waals surface area (Å²) >= 11 is 1.05. The van der Waals surface area contributed by atoms with Crippen LogP contribution in [0.3, 0.4) is 0 Å². The molecule has 3 rings (SSSR count). The summed E-state index contributed by atoms with van der Waals surface area (Å²) in [7, 11) is -16.4. The van der Waals surface area contributed by atoms with E-state index >= 15 is 0 Å². The number of carbonyl (C=O) groups excluding carboxylic acids is 3. The monoisotopic (exact) mass is 917 g/mol. The lowest BCUT2D eigenvalue weighted by atomic mass is 9.87. The first-order chi connectivity index (χ1) is 27.3. The predicted octanol–water partition coefficient (Wildman–Crippen LogP) is 1.36. The van der Waals surface area contributed by atoms with Gasteiger partial charge in [-0.3, -0.25) is 32.5 Å². The van der Waals surface area contributed by atoms with E-state index in [0.29, 0.717) is 5.75 Å². The number of hydrogen-bond acceptors (Lipinski definition) is 18. The van der Waals surface area contributed by atoms with Crippen molar-refractivity contribution < 1.29 is 80.5 Å². The normalized spacial score (nSPS) is 21.4. The number of carbonyl (C=O) groups is 3. The number of aliphatic hydroxyl groups excluding tert-OH is 2. The van der Waals surface area contributed by atoms with Gasteiger partial charge in [-0.2, -0.15) is 4.31 Å². The van der Waals surface area contributed by atoms with Crippen molar-refractivity contribution in [3.8, 4) is 0 Å². The zero-order chi connectivity index (χ0) is 44.3. The van der Waals surface area contributed by atoms with Crippen molar-refractivity contribution in [2.24, 2.45) is 5.41 Å². The molecule has 3 heterocycles. The Morgan fingerprint density at radius 2 is 1.71 bits per heavy atom. The predicted molar refractivity (Wildman–Crippen MR) is 210 cm³/mol. The summed E-state index contributed by atoms with van der Waals surface area (Å²) in [4.78, 5) is 87.9. The van der Waals surface area contributed by atoms with Crippen molar-refractivity contribution in [1.82, 2.24) is 30.2 Å². The van der Waals surface area contributed by atoms with E-state index in [2.05, 4.69) is 40.5 Å². The molecule has 0 saturated carbocycles. The number of nitrogens with two attached hydrogens (primary N) is 1. The number of thioether (sulfide) groups is 1. The van der Waals surface area contributed by atoms with Crippen LogP contribution in [0.15, 0.2) is 36.0 Å². The number of anilines is 1. The fraction of sp³-hybridized carbons (Fsp3) is 0.613. The number of aliphatic hydroxyl groups is 2. The highest BCUT2D eigenvalue weighted by Crippen LogP contribution is 2.61. The Bertz CT molecular complexity index is 2010. The van der Waals surface area contributed by atoms with Crippen LogP contribution in [-0.4, -0.2) is 123 Å². The summed E-state index contributed by atoms with van der Waals surface area (Å²) < 4.78 is 62.2. The zero-order valence-electron chi connectivity index (χ0n) is 32.6. The fourth-order valence-corrected chi connectivity index (χ4v) is 8.70. The molecule has 0 aliphatic carbocycles. The van der Waals surface area contributed by atoms with E-state index in [1.807, 2.05) is 20.8 Å². The van der Waals surface area contributed by atoms with Crippen molar-refractivity contribution in [1.29, 1.82) is 0 Å². The molecule has 0 spiro atoms. The van der Waals surface area contributed by atoms with E-state index < -0.39 is 84.6 Å². The first kappa shape index (κ1) is 50.4. The molecular formula is C31H50N7O17P3S. The van der Waals surface area contributed by atoms with Crippen LogP contribution < -0.4 is 16.4 Å². The Morgan fingerprint density at radius 1 is 1.03 bits per heavy atom. The second-order valence-electron chi connectivity index (χ2n) is 14.0. The molecule has 2 aromatic rings. The Morgan fingerprint density at radius 3 is 2.37 bits per heavy atom. The highest BCUT2D eigenvalue weighted by molar-refractivity contribution is 8.14. The number of rotatable bonds is 23. The second kappa shape index (κ2) is 21.7. The Balaban J connectivity index is 1.45. The van der Waals surface area contributed by atoms with Crippen LogP contribution in [0.1, 0.15) is 60.1 Å². The van der Waals surface area contributed by atoms with Gasteiger partial charge in [0.05, 0.1) is 19.5 Å². The molecule has 7 atom stereocenters. The van der Waals surface area contributed by atoms with Gasteiger partial charge >= 0.3 is 23.5 Å². The number of ether oxygens (including phenoxy) is 1. The van der Waals surface area contributed by atoms with Gasteiger partial charge in [0.15, 0.2) is 17.7 Å². The molecule has 0 bridgehead atoms. The number of hydrogen-bond donors (Lipinski definition) is 9. The SMILES string of the molecule is CC(C)=CCC/C(C)=C\C(=O)SCCNC(=O)CCNC(=O)[C@H](O)C(C)(C)COP(=O)(O)OP(=O)(O)OC[C@H]1O[C@@H](n2cnc3c(N)ncnc32)[C@H](O)[C@@H]1OP(=O)(O)O. The average molecular weight is 918 g/mol. The van der Waals surface area contributed by atoms with Crippen molar-refractivity contribution in [2.75, 3.05) is 37.8 Å². The number of nitrogens with one attached hydrogen (secondary N) is 2. The summed E-state index contributed by atoms with van der Waals surface area (Å²) in [5, 5.41) is 26.3. The molecule has 0 radical (unpaired) electrons. The molecule has 24 nitrogen and oxygen atoms in total. The standard InChI is InChI=1S/C31H50N7O17P3S/c1-18(2)7-6-8-19(3)13-22(40)59-12-11-33-21(39)9-10-34-29(43)26(42)31(4,5)15-52-58(49,50)55-57(47,48)51-14-20-25(54-56(44,45)46)24(41)30(53-20)38-17-37-23-27(32)35-16-36-28(23)38/h7,13,16-17,20,24-26,30,41-42H,6,8-12,14-15H2,1-5H3,(H,33,39)(H,34,43)(H,47,48)(H,49,50)(H2,32,35,36)(H2,44,45,46)/b19-13-/t20-,24-,25-,26+,30-/m1/s1. The molecule has 28 heteroatoms. The number of aromatic nitrogens is 4. The highest BCUT2D eigenvalue weighted by Gasteiger charge is 2.50. The number of nitrogen functional groups attached to an aromatic ring is 1. The van der Waals surface area contributed by atoms with E-state index in [1.54, 1.807) is 6.08 Å². The highest BCUT2D eigenvalue weighted by atomic mass is 32.2. The molecule has 1 saturated heterocycles. The summed E-state index contributed by atoms with van der Waals surface area (Å²) in [6.45, 7) is 6.34. The van der Waals surface area contributed by atoms with Gasteiger partial charge in [0.25, 0.3) is 0 Å². The van der Waals surface area contributed by atoms with Crippen molar-refractivity contribution in [2.45, 2.75) is 84.5 Å². The van der Waals surface area contributed by atoms with Crippen LogP contribution in [0.25, 0.3) is 11.2 Å². The molecule has 59 heavy (non-hydrogen) atoms. The third-order valence-electron chi connectivity index (χ3n) is 8.20. The van der Waals surface area contributed by atoms with E-state index in [0.717, 1.165) is 47.4 Å². The number of phosphoric acid groups is 3. The van der Waals surface area contributed by atoms with E-state index in [-0.39, 0.29) is 41.6 Å². The minimum Gasteiger partial charge on any atom is -0.386 e. The van der Waals surface area contributed by atoms with Gasteiger partial charge < -0.3 is 50.9 Å². The van der Waals surface area contributed by atoms with Gasteiger partial charge in [0.2, 0.25) is 16.9 Å². The largest absolute Gasteiger partial charge is 0.481 e. The van der Waals surface area contributed by atoms with Crippen LogP contribution >= 0.6 is 35.2 Å². The average Bonchev–Trinajstić information content (AvgIpc) is 3.67.